The van der Waals surface area contributed by atoms with Crippen molar-refractivity contribution in [2.75, 3.05) is 46.4 Å². The summed E-state index contributed by atoms with van der Waals surface area (Å²) in [6, 6.07) is 2.02. The number of ether oxygens (including phenoxy) is 1. The predicted octanol–water partition coefficient (Wildman–Crippen LogP) is 2.24. The van der Waals surface area contributed by atoms with Gasteiger partial charge in [0.05, 0.1) is 4.88 Å². The van der Waals surface area contributed by atoms with E-state index in [4.69, 9.17) is 4.74 Å². The number of rotatable bonds is 5. The van der Waals surface area contributed by atoms with Crippen molar-refractivity contribution < 1.29 is 9.53 Å². The fourth-order valence-corrected chi connectivity index (χ4v) is 3.46. The fraction of sp³-hybridized carbons (Fsp3) is 0.667. The van der Waals surface area contributed by atoms with Gasteiger partial charge in [0.1, 0.15) is 0 Å². The molecule has 2 rings (SSSR count). The van der Waals surface area contributed by atoms with Gasteiger partial charge < -0.3 is 14.5 Å². The number of methoxy groups -OCH3 is 1. The molecule has 1 aliphatic rings. The maximum absolute atomic E-state index is 12.5. The molecule has 112 valence electrons. The van der Waals surface area contributed by atoms with Crippen LogP contribution in [0.5, 0.6) is 0 Å². The quantitative estimate of drug-likeness (QED) is 0.781. The van der Waals surface area contributed by atoms with Crippen LogP contribution in [-0.2, 0) is 4.74 Å². The minimum atomic E-state index is 0.205. The summed E-state index contributed by atoms with van der Waals surface area (Å²) in [5.41, 5.74) is 1.10. The van der Waals surface area contributed by atoms with E-state index in [0.717, 1.165) is 62.6 Å². The van der Waals surface area contributed by atoms with E-state index in [1.54, 1.807) is 18.4 Å². The number of carbonyl (C=O) groups is 1. The topological polar surface area (TPSA) is 32.8 Å². The van der Waals surface area contributed by atoms with E-state index in [9.17, 15) is 4.79 Å². The van der Waals surface area contributed by atoms with Gasteiger partial charge in [0, 0.05) is 39.9 Å². The van der Waals surface area contributed by atoms with Crippen LogP contribution in [0, 0.1) is 6.92 Å². The molecule has 0 unspecified atom stereocenters. The van der Waals surface area contributed by atoms with Crippen molar-refractivity contribution in [1.82, 2.24) is 9.80 Å². The highest BCUT2D eigenvalue weighted by molar-refractivity contribution is 7.12. The van der Waals surface area contributed by atoms with Gasteiger partial charge in [-0.05, 0) is 43.3 Å². The molecule has 0 saturated carbocycles. The van der Waals surface area contributed by atoms with Crippen molar-refractivity contribution in [3.8, 4) is 0 Å². The second kappa shape index (κ2) is 7.76. The van der Waals surface area contributed by atoms with Crippen LogP contribution in [0.3, 0.4) is 0 Å². The van der Waals surface area contributed by atoms with Gasteiger partial charge in [0.25, 0.3) is 5.91 Å². The standard InChI is InChI=1S/C15H24N2O2S/c1-13-5-12-20-14(13)15(18)17-8-3-6-16(9-10-17)7-4-11-19-2/h5,12H,3-4,6-11H2,1-2H3. The van der Waals surface area contributed by atoms with Crippen LogP contribution in [0.15, 0.2) is 11.4 Å². The number of hydrogen-bond donors (Lipinski definition) is 0. The number of aryl methyl sites for hydroxylation is 1. The summed E-state index contributed by atoms with van der Waals surface area (Å²) >= 11 is 1.55. The highest BCUT2D eigenvalue weighted by Gasteiger charge is 2.21. The van der Waals surface area contributed by atoms with Gasteiger partial charge in [0.2, 0.25) is 0 Å². The third kappa shape index (κ3) is 4.04. The smallest absolute Gasteiger partial charge is 0.264 e. The Hall–Kier alpha value is -0.910. The zero-order valence-corrected chi connectivity index (χ0v) is 13.2. The maximum Gasteiger partial charge on any atom is 0.264 e. The van der Waals surface area contributed by atoms with Crippen LogP contribution < -0.4 is 0 Å². The van der Waals surface area contributed by atoms with Gasteiger partial charge in [-0.25, -0.2) is 0 Å². The minimum absolute atomic E-state index is 0.205. The maximum atomic E-state index is 12.5. The molecule has 1 amide bonds. The largest absolute Gasteiger partial charge is 0.385 e. The SMILES string of the molecule is COCCCN1CCCN(C(=O)c2sccc2C)CC1. The first kappa shape index (κ1) is 15.5. The Balaban J connectivity index is 1.86. The monoisotopic (exact) mass is 296 g/mol. The van der Waals surface area contributed by atoms with E-state index in [-0.39, 0.29) is 5.91 Å². The lowest BCUT2D eigenvalue weighted by Gasteiger charge is -2.21. The average Bonchev–Trinajstić information content (AvgIpc) is 2.73. The Morgan fingerprint density at radius 1 is 1.35 bits per heavy atom. The number of carbonyl (C=O) groups excluding carboxylic acids is 1. The van der Waals surface area contributed by atoms with Crippen molar-refractivity contribution in [2.24, 2.45) is 0 Å². The molecule has 1 aromatic rings. The van der Waals surface area contributed by atoms with Crippen molar-refractivity contribution >= 4 is 17.2 Å². The van der Waals surface area contributed by atoms with E-state index in [2.05, 4.69) is 4.90 Å². The van der Waals surface area contributed by atoms with E-state index in [1.165, 1.54) is 0 Å². The first-order valence-corrected chi connectivity index (χ1v) is 8.15. The number of amides is 1. The van der Waals surface area contributed by atoms with Crippen LogP contribution in [0.2, 0.25) is 0 Å². The predicted molar refractivity (Wildman–Crippen MR) is 82.5 cm³/mol. The number of hydrogen-bond acceptors (Lipinski definition) is 4. The molecular weight excluding hydrogens is 272 g/mol. The van der Waals surface area contributed by atoms with Crippen molar-refractivity contribution in [3.05, 3.63) is 21.9 Å². The Kier molecular flexibility index (Phi) is 6.01. The molecule has 0 atom stereocenters. The highest BCUT2D eigenvalue weighted by Crippen LogP contribution is 2.19. The van der Waals surface area contributed by atoms with Crippen molar-refractivity contribution in [2.45, 2.75) is 19.8 Å². The molecule has 0 aliphatic carbocycles. The van der Waals surface area contributed by atoms with E-state index >= 15 is 0 Å². The fourth-order valence-electron chi connectivity index (χ4n) is 2.57. The lowest BCUT2D eigenvalue weighted by molar-refractivity contribution is 0.0765. The summed E-state index contributed by atoms with van der Waals surface area (Å²) in [6.07, 6.45) is 2.12. The Morgan fingerprint density at radius 2 is 2.20 bits per heavy atom. The van der Waals surface area contributed by atoms with Crippen LogP contribution in [-0.4, -0.2) is 62.1 Å². The Bertz CT molecular complexity index is 433. The summed E-state index contributed by atoms with van der Waals surface area (Å²) in [5.74, 6) is 0.205. The Labute approximate surface area is 125 Å². The molecule has 1 fully saturated rings. The second-order valence-corrected chi connectivity index (χ2v) is 6.18. The van der Waals surface area contributed by atoms with E-state index in [1.807, 2.05) is 23.3 Å². The summed E-state index contributed by atoms with van der Waals surface area (Å²) in [6.45, 7) is 7.65. The van der Waals surface area contributed by atoms with Gasteiger partial charge in [-0.3, -0.25) is 4.79 Å². The van der Waals surface area contributed by atoms with Crippen LogP contribution in [0.4, 0.5) is 0 Å². The normalized spacial score (nSPS) is 17.2. The van der Waals surface area contributed by atoms with E-state index in [0.29, 0.717) is 0 Å². The first-order chi connectivity index (χ1) is 9.72. The molecule has 0 aromatic carbocycles. The number of thiophene rings is 1. The molecule has 0 radical (unpaired) electrons. The zero-order chi connectivity index (χ0) is 14.4. The summed E-state index contributed by atoms with van der Waals surface area (Å²) in [5, 5.41) is 2.00. The van der Waals surface area contributed by atoms with Gasteiger partial charge in [-0.2, -0.15) is 0 Å². The van der Waals surface area contributed by atoms with Gasteiger partial charge in [-0.15, -0.1) is 11.3 Å². The molecule has 4 nitrogen and oxygen atoms in total. The summed E-state index contributed by atoms with van der Waals surface area (Å²) in [7, 11) is 1.74. The lowest BCUT2D eigenvalue weighted by atomic mass is 10.2. The van der Waals surface area contributed by atoms with Crippen molar-refractivity contribution in [1.29, 1.82) is 0 Å². The molecule has 1 aliphatic heterocycles. The first-order valence-electron chi connectivity index (χ1n) is 7.27. The lowest BCUT2D eigenvalue weighted by Crippen LogP contribution is -2.35. The minimum Gasteiger partial charge on any atom is -0.385 e. The van der Waals surface area contributed by atoms with Crippen LogP contribution in [0.25, 0.3) is 0 Å². The average molecular weight is 296 g/mol. The third-order valence-corrected chi connectivity index (χ3v) is 4.76. The molecule has 20 heavy (non-hydrogen) atoms. The molecule has 5 heteroatoms. The van der Waals surface area contributed by atoms with Gasteiger partial charge in [-0.1, -0.05) is 0 Å². The third-order valence-electron chi connectivity index (χ3n) is 3.75. The molecule has 1 saturated heterocycles. The second-order valence-electron chi connectivity index (χ2n) is 5.27. The molecular formula is C15H24N2O2S. The van der Waals surface area contributed by atoms with Gasteiger partial charge in [0.15, 0.2) is 0 Å². The Morgan fingerprint density at radius 3 is 2.90 bits per heavy atom. The highest BCUT2D eigenvalue weighted by atomic mass is 32.1. The zero-order valence-electron chi connectivity index (χ0n) is 12.4. The molecule has 0 bridgehead atoms. The van der Waals surface area contributed by atoms with Crippen LogP contribution >= 0.6 is 11.3 Å². The summed E-state index contributed by atoms with van der Waals surface area (Å²) < 4.78 is 5.10. The van der Waals surface area contributed by atoms with Crippen LogP contribution in [0.1, 0.15) is 28.1 Å². The molecule has 1 aromatic heterocycles. The number of nitrogens with zero attached hydrogens (tertiary/aromatic N) is 2. The van der Waals surface area contributed by atoms with Crippen molar-refractivity contribution in [3.63, 3.8) is 0 Å². The summed E-state index contributed by atoms with van der Waals surface area (Å²) in [4.78, 5) is 17.8. The van der Waals surface area contributed by atoms with Gasteiger partial charge >= 0.3 is 0 Å². The molecule has 2 heterocycles. The van der Waals surface area contributed by atoms with E-state index < -0.39 is 0 Å². The molecule has 0 N–H and O–H groups in total. The molecule has 0 spiro atoms.